The second kappa shape index (κ2) is 8.03. The van der Waals surface area contributed by atoms with Gasteiger partial charge in [0.05, 0.1) is 24.6 Å². The van der Waals surface area contributed by atoms with Gasteiger partial charge in [-0.25, -0.2) is 0 Å². The molecule has 4 rings (SSSR count). The standard InChI is InChI=1S/C21H27N5OS/c1-16-4-5-17(2)20(12-16)26-11-10-25(21(26)28)15-24-8-6-23(7-9-24)14-19-13-18(3)22-27-19/h4-5,10-13H,6-9,14-15H2,1-3H3. The second-order valence-corrected chi connectivity index (χ2v) is 8.05. The first-order valence-electron chi connectivity index (χ1n) is 9.72. The third-order valence-corrected chi connectivity index (χ3v) is 5.78. The van der Waals surface area contributed by atoms with Gasteiger partial charge < -0.3 is 9.09 Å². The van der Waals surface area contributed by atoms with Crippen LogP contribution in [0, 0.1) is 25.5 Å². The average molecular weight is 398 g/mol. The van der Waals surface area contributed by atoms with E-state index in [-0.39, 0.29) is 0 Å². The van der Waals surface area contributed by atoms with E-state index in [1.54, 1.807) is 0 Å². The molecule has 1 fully saturated rings. The monoisotopic (exact) mass is 397 g/mol. The van der Waals surface area contributed by atoms with Gasteiger partial charge >= 0.3 is 0 Å². The van der Waals surface area contributed by atoms with Gasteiger partial charge in [-0.05, 0) is 50.2 Å². The van der Waals surface area contributed by atoms with E-state index in [0.29, 0.717) is 0 Å². The van der Waals surface area contributed by atoms with Gasteiger partial charge in [0.15, 0.2) is 10.5 Å². The van der Waals surface area contributed by atoms with E-state index in [2.05, 4.69) is 68.5 Å². The van der Waals surface area contributed by atoms with Crippen LogP contribution in [0.2, 0.25) is 0 Å². The molecule has 0 N–H and O–H groups in total. The van der Waals surface area contributed by atoms with Crippen LogP contribution in [0.25, 0.3) is 5.69 Å². The van der Waals surface area contributed by atoms with Gasteiger partial charge in [-0.2, -0.15) is 0 Å². The lowest BCUT2D eigenvalue weighted by atomic mass is 10.1. The number of nitrogens with zero attached hydrogens (tertiary/aromatic N) is 5. The summed E-state index contributed by atoms with van der Waals surface area (Å²) in [5.41, 5.74) is 4.58. The van der Waals surface area contributed by atoms with Crippen LogP contribution >= 0.6 is 12.2 Å². The number of piperazine rings is 1. The van der Waals surface area contributed by atoms with Crippen molar-refractivity contribution in [2.24, 2.45) is 0 Å². The molecule has 6 nitrogen and oxygen atoms in total. The Balaban J connectivity index is 1.39. The lowest BCUT2D eigenvalue weighted by Gasteiger charge is -2.34. The zero-order valence-corrected chi connectivity index (χ0v) is 17.6. The topological polar surface area (TPSA) is 42.4 Å². The van der Waals surface area contributed by atoms with Gasteiger partial charge in [-0.15, -0.1) is 0 Å². The molecule has 0 spiro atoms. The van der Waals surface area contributed by atoms with Gasteiger partial charge in [-0.3, -0.25) is 14.4 Å². The van der Waals surface area contributed by atoms with Crippen molar-refractivity contribution in [3.8, 4) is 5.69 Å². The first-order chi connectivity index (χ1) is 13.5. The molecule has 0 bridgehead atoms. The minimum absolute atomic E-state index is 0.825. The van der Waals surface area contributed by atoms with Crippen LogP contribution in [0.3, 0.4) is 0 Å². The molecule has 0 atom stereocenters. The molecule has 0 radical (unpaired) electrons. The van der Waals surface area contributed by atoms with Crippen LogP contribution in [-0.2, 0) is 13.2 Å². The number of rotatable bonds is 5. The molecule has 28 heavy (non-hydrogen) atoms. The smallest absolute Gasteiger partial charge is 0.185 e. The molecular weight excluding hydrogens is 370 g/mol. The van der Waals surface area contributed by atoms with Gasteiger partial charge in [0.1, 0.15) is 0 Å². The molecule has 0 saturated carbocycles. The van der Waals surface area contributed by atoms with E-state index in [0.717, 1.165) is 61.3 Å². The van der Waals surface area contributed by atoms with Crippen LogP contribution in [0.1, 0.15) is 22.6 Å². The van der Waals surface area contributed by atoms with Crippen LogP contribution in [0.4, 0.5) is 0 Å². The number of hydrogen-bond acceptors (Lipinski definition) is 5. The van der Waals surface area contributed by atoms with E-state index in [4.69, 9.17) is 16.7 Å². The molecule has 3 heterocycles. The predicted molar refractivity (Wildman–Crippen MR) is 112 cm³/mol. The largest absolute Gasteiger partial charge is 0.360 e. The van der Waals surface area contributed by atoms with Crippen molar-refractivity contribution in [3.63, 3.8) is 0 Å². The minimum Gasteiger partial charge on any atom is -0.360 e. The summed E-state index contributed by atoms with van der Waals surface area (Å²) in [5.74, 6) is 0.943. The summed E-state index contributed by atoms with van der Waals surface area (Å²) in [6.45, 7) is 11.9. The number of benzene rings is 1. The van der Waals surface area contributed by atoms with E-state index in [9.17, 15) is 0 Å². The maximum atomic E-state index is 5.76. The fourth-order valence-electron chi connectivity index (χ4n) is 3.70. The summed E-state index contributed by atoms with van der Waals surface area (Å²) in [6, 6.07) is 8.50. The highest BCUT2D eigenvalue weighted by molar-refractivity contribution is 7.71. The molecule has 1 aromatic carbocycles. The van der Waals surface area contributed by atoms with Gasteiger partial charge in [0.2, 0.25) is 0 Å². The Bertz CT molecular complexity index is 1010. The van der Waals surface area contributed by atoms with Crippen LogP contribution in [0.5, 0.6) is 0 Å². The zero-order chi connectivity index (χ0) is 19.7. The number of aromatic nitrogens is 3. The second-order valence-electron chi connectivity index (χ2n) is 7.68. The van der Waals surface area contributed by atoms with Crippen molar-refractivity contribution < 1.29 is 4.52 Å². The molecule has 1 aliphatic heterocycles. The molecule has 148 valence electrons. The third kappa shape index (κ3) is 4.11. The van der Waals surface area contributed by atoms with Crippen molar-refractivity contribution in [1.82, 2.24) is 24.1 Å². The molecule has 7 heteroatoms. The summed E-state index contributed by atoms with van der Waals surface area (Å²) >= 11 is 5.76. The maximum absolute atomic E-state index is 5.76. The zero-order valence-electron chi connectivity index (χ0n) is 16.8. The van der Waals surface area contributed by atoms with E-state index in [1.165, 1.54) is 11.1 Å². The van der Waals surface area contributed by atoms with Crippen molar-refractivity contribution >= 4 is 12.2 Å². The molecular formula is C21H27N5OS. The lowest BCUT2D eigenvalue weighted by Crippen LogP contribution is -2.46. The SMILES string of the molecule is Cc1ccc(C)c(-n2ccn(CN3CCN(Cc4cc(C)no4)CC3)c2=S)c1. The third-order valence-electron chi connectivity index (χ3n) is 5.35. The maximum Gasteiger partial charge on any atom is 0.185 e. The highest BCUT2D eigenvalue weighted by Crippen LogP contribution is 2.18. The first kappa shape index (κ1) is 19.1. The Hall–Kier alpha value is -2.22. The molecule has 2 aromatic heterocycles. The number of aryl methyl sites for hydroxylation is 3. The lowest BCUT2D eigenvalue weighted by molar-refractivity contribution is 0.0959. The summed E-state index contributed by atoms with van der Waals surface area (Å²) in [5, 5.41) is 3.97. The van der Waals surface area contributed by atoms with E-state index < -0.39 is 0 Å². The minimum atomic E-state index is 0.825. The van der Waals surface area contributed by atoms with E-state index in [1.807, 2.05) is 13.0 Å². The van der Waals surface area contributed by atoms with Crippen molar-refractivity contribution in [2.75, 3.05) is 26.2 Å². The van der Waals surface area contributed by atoms with Crippen molar-refractivity contribution in [3.05, 3.63) is 64.0 Å². The number of hydrogen-bond donors (Lipinski definition) is 0. The van der Waals surface area contributed by atoms with Gasteiger partial charge in [0, 0.05) is 44.6 Å². The van der Waals surface area contributed by atoms with Crippen molar-refractivity contribution in [2.45, 2.75) is 34.0 Å². The Kier molecular flexibility index (Phi) is 5.48. The molecule has 3 aromatic rings. The summed E-state index contributed by atoms with van der Waals surface area (Å²) < 4.78 is 10.5. The van der Waals surface area contributed by atoms with Crippen molar-refractivity contribution in [1.29, 1.82) is 0 Å². The van der Waals surface area contributed by atoms with Gasteiger partial charge in [-0.1, -0.05) is 17.3 Å². The number of imidazole rings is 1. The Labute approximate surface area is 171 Å². The van der Waals surface area contributed by atoms with E-state index >= 15 is 0 Å². The fraction of sp³-hybridized carbons (Fsp3) is 0.429. The fourth-order valence-corrected chi connectivity index (χ4v) is 3.98. The van der Waals surface area contributed by atoms with Crippen LogP contribution in [-0.4, -0.2) is 50.3 Å². The normalized spacial score (nSPS) is 16.0. The van der Waals surface area contributed by atoms with Crippen LogP contribution in [0.15, 0.2) is 41.2 Å². The van der Waals surface area contributed by atoms with Gasteiger partial charge in [0.25, 0.3) is 0 Å². The Morgan fingerprint density at radius 3 is 2.46 bits per heavy atom. The molecule has 1 aliphatic rings. The molecule has 0 amide bonds. The quantitative estimate of drug-likeness (QED) is 0.614. The average Bonchev–Trinajstić information content (AvgIpc) is 3.25. The molecule has 0 unspecified atom stereocenters. The Morgan fingerprint density at radius 1 is 1.00 bits per heavy atom. The highest BCUT2D eigenvalue weighted by Gasteiger charge is 2.19. The summed E-state index contributed by atoms with van der Waals surface area (Å²) in [6.07, 6.45) is 4.17. The summed E-state index contributed by atoms with van der Waals surface area (Å²) in [4.78, 5) is 4.86. The predicted octanol–water partition coefficient (Wildman–Crippen LogP) is 3.70. The van der Waals surface area contributed by atoms with Crippen LogP contribution < -0.4 is 0 Å². The molecule has 0 aliphatic carbocycles. The molecule has 1 saturated heterocycles. The highest BCUT2D eigenvalue weighted by atomic mass is 32.1. The first-order valence-corrected chi connectivity index (χ1v) is 10.1. The summed E-state index contributed by atoms with van der Waals surface area (Å²) in [7, 11) is 0. The Morgan fingerprint density at radius 2 is 1.75 bits per heavy atom.